The Balaban J connectivity index is 2.22. The van der Waals surface area contributed by atoms with E-state index in [4.69, 9.17) is 0 Å². The van der Waals surface area contributed by atoms with Crippen molar-refractivity contribution in [3.8, 4) is 0 Å². The fourth-order valence-electron chi connectivity index (χ4n) is 2.97. The number of rotatable bonds is 8. The lowest BCUT2D eigenvalue weighted by molar-refractivity contribution is -0.122. The summed E-state index contributed by atoms with van der Waals surface area (Å²) in [6.07, 6.45) is 5.43. The lowest BCUT2D eigenvalue weighted by Crippen LogP contribution is -2.50. The van der Waals surface area contributed by atoms with Crippen molar-refractivity contribution in [1.29, 1.82) is 0 Å². The largest absolute Gasteiger partial charge is 0.356 e. The molecule has 3 N–H and O–H groups in total. The first-order valence-electron chi connectivity index (χ1n) is 9.80. The lowest BCUT2D eigenvalue weighted by atomic mass is 9.91. The van der Waals surface area contributed by atoms with Crippen molar-refractivity contribution < 1.29 is 4.79 Å². The molecule has 6 nitrogen and oxygen atoms in total. The summed E-state index contributed by atoms with van der Waals surface area (Å²) in [6, 6.07) is 0.434. The van der Waals surface area contributed by atoms with Crippen molar-refractivity contribution in [3.63, 3.8) is 0 Å². The number of nitrogens with zero attached hydrogens (tertiary/aromatic N) is 2. The number of likely N-dealkylation sites (tertiary alicyclic amines) is 1. The van der Waals surface area contributed by atoms with Gasteiger partial charge in [-0.1, -0.05) is 27.7 Å². The van der Waals surface area contributed by atoms with Gasteiger partial charge in [0.25, 0.3) is 0 Å². The first-order valence-corrected chi connectivity index (χ1v) is 9.80. The van der Waals surface area contributed by atoms with Crippen LogP contribution in [0.4, 0.5) is 0 Å². The van der Waals surface area contributed by atoms with Crippen LogP contribution in [0.2, 0.25) is 0 Å². The molecule has 0 unspecified atom stereocenters. The van der Waals surface area contributed by atoms with Gasteiger partial charge >= 0.3 is 0 Å². The molecule has 146 valence electrons. The van der Waals surface area contributed by atoms with Crippen LogP contribution in [0, 0.1) is 5.41 Å². The highest BCUT2D eigenvalue weighted by molar-refractivity contribution is 5.80. The van der Waals surface area contributed by atoms with Gasteiger partial charge in [0.05, 0.1) is 6.54 Å². The topological polar surface area (TPSA) is 68.8 Å². The van der Waals surface area contributed by atoms with Gasteiger partial charge in [-0.05, 0) is 37.5 Å². The van der Waals surface area contributed by atoms with E-state index < -0.39 is 0 Å². The molecule has 1 fully saturated rings. The summed E-state index contributed by atoms with van der Waals surface area (Å²) in [6.45, 7) is 13.1. The first kappa shape index (κ1) is 21.7. The molecule has 0 aromatic carbocycles. The third kappa shape index (κ3) is 10.3. The zero-order valence-electron chi connectivity index (χ0n) is 17.0. The van der Waals surface area contributed by atoms with E-state index in [0.29, 0.717) is 18.0 Å². The van der Waals surface area contributed by atoms with Crippen LogP contribution in [0.15, 0.2) is 4.99 Å². The maximum absolute atomic E-state index is 11.8. The van der Waals surface area contributed by atoms with Crippen molar-refractivity contribution in [2.75, 3.05) is 39.8 Å². The molecular formula is C19H39N5O. The summed E-state index contributed by atoms with van der Waals surface area (Å²) < 4.78 is 0. The normalized spacial score (nSPS) is 17.4. The fourth-order valence-corrected chi connectivity index (χ4v) is 2.97. The summed E-state index contributed by atoms with van der Waals surface area (Å²) in [4.78, 5) is 18.4. The number of nitrogens with one attached hydrogen (secondary N) is 3. The van der Waals surface area contributed by atoms with Gasteiger partial charge in [0.1, 0.15) is 0 Å². The number of hydrogen-bond donors (Lipinski definition) is 3. The predicted octanol–water partition coefficient (Wildman–Crippen LogP) is 1.97. The van der Waals surface area contributed by atoms with Gasteiger partial charge in [-0.2, -0.15) is 0 Å². The van der Waals surface area contributed by atoms with Crippen LogP contribution >= 0.6 is 0 Å². The summed E-state index contributed by atoms with van der Waals surface area (Å²) in [5.41, 5.74) is 0.384. The van der Waals surface area contributed by atoms with E-state index >= 15 is 0 Å². The number of amides is 1. The number of piperidine rings is 1. The van der Waals surface area contributed by atoms with Gasteiger partial charge in [-0.15, -0.1) is 0 Å². The van der Waals surface area contributed by atoms with Crippen molar-refractivity contribution >= 4 is 11.9 Å². The third-order valence-electron chi connectivity index (χ3n) is 4.49. The van der Waals surface area contributed by atoms with E-state index in [9.17, 15) is 4.79 Å². The van der Waals surface area contributed by atoms with Crippen LogP contribution in [0.25, 0.3) is 0 Å². The standard InChI is InChI=1S/C19H39N5O/c1-6-11-21-17(25)15-24-13-8-16(9-14-24)23-18(20-5)22-12-7-10-19(2,3)4/h16H,6-15H2,1-5H3,(H,21,25)(H2,20,22,23). The number of hydrogen-bond acceptors (Lipinski definition) is 3. The zero-order chi connectivity index (χ0) is 18.7. The second kappa shape index (κ2) is 11.3. The molecule has 0 atom stereocenters. The summed E-state index contributed by atoms with van der Waals surface area (Å²) in [5.74, 6) is 1.04. The minimum atomic E-state index is 0.143. The Morgan fingerprint density at radius 2 is 1.84 bits per heavy atom. The van der Waals surface area contributed by atoms with Gasteiger partial charge in [0.15, 0.2) is 5.96 Å². The highest BCUT2D eigenvalue weighted by Crippen LogP contribution is 2.19. The summed E-state index contributed by atoms with van der Waals surface area (Å²) in [7, 11) is 1.83. The smallest absolute Gasteiger partial charge is 0.234 e. The molecule has 0 spiro atoms. The second-order valence-corrected chi connectivity index (χ2v) is 8.21. The molecule has 1 aliphatic rings. The Kier molecular flexibility index (Phi) is 9.86. The third-order valence-corrected chi connectivity index (χ3v) is 4.49. The van der Waals surface area contributed by atoms with Crippen LogP contribution in [0.1, 0.15) is 59.8 Å². The fraction of sp³-hybridized carbons (Fsp3) is 0.895. The lowest BCUT2D eigenvalue weighted by Gasteiger charge is -2.32. The average molecular weight is 354 g/mol. The number of carbonyl (C=O) groups is 1. The number of aliphatic imine (C=N–C) groups is 1. The molecule has 0 aromatic heterocycles. The Morgan fingerprint density at radius 1 is 1.16 bits per heavy atom. The molecule has 0 radical (unpaired) electrons. The Morgan fingerprint density at radius 3 is 2.40 bits per heavy atom. The van der Waals surface area contributed by atoms with Gasteiger partial charge < -0.3 is 16.0 Å². The van der Waals surface area contributed by atoms with Crippen LogP contribution in [0.5, 0.6) is 0 Å². The van der Waals surface area contributed by atoms with E-state index in [-0.39, 0.29) is 5.91 Å². The minimum absolute atomic E-state index is 0.143. The molecule has 1 saturated heterocycles. The van der Waals surface area contributed by atoms with Crippen LogP contribution in [0.3, 0.4) is 0 Å². The zero-order valence-corrected chi connectivity index (χ0v) is 17.0. The van der Waals surface area contributed by atoms with Gasteiger partial charge in [0.2, 0.25) is 5.91 Å². The molecule has 6 heteroatoms. The van der Waals surface area contributed by atoms with E-state index in [2.05, 4.69) is 53.5 Å². The Bertz CT molecular complexity index is 409. The number of guanidine groups is 1. The average Bonchev–Trinajstić information content (AvgIpc) is 2.56. The maximum Gasteiger partial charge on any atom is 0.234 e. The highest BCUT2D eigenvalue weighted by atomic mass is 16.2. The van der Waals surface area contributed by atoms with Gasteiger partial charge in [-0.3, -0.25) is 14.7 Å². The van der Waals surface area contributed by atoms with Crippen LogP contribution < -0.4 is 16.0 Å². The van der Waals surface area contributed by atoms with E-state index in [0.717, 1.165) is 57.8 Å². The summed E-state index contributed by atoms with van der Waals surface area (Å²) in [5, 5.41) is 9.89. The van der Waals surface area contributed by atoms with Gasteiger partial charge in [0, 0.05) is 39.3 Å². The molecule has 1 rings (SSSR count). The minimum Gasteiger partial charge on any atom is -0.356 e. The SMILES string of the molecule is CCCNC(=O)CN1CCC(NC(=NC)NCCCC(C)(C)C)CC1. The molecule has 0 aromatic rings. The van der Waals surface area contributed by atoms with Crippen molar-refractivity contribution in [3.05, 3.63) is 0 Å². The van der Waals surface area contributed by atoms with E-state index in [1.165, 1.54) is 6.42 Å². The monoisotopic (exact) mass is 353 g/mol. The predicted molar refractivity (Wildman–Crippen MR) is 106 cm³/mol. The summed E-state index contributed by atoms with van der Waals surface area (Å²) >= 11 is 0. The maximum atomic E-state index is 11.8. The Labute approximate surface area is 154 Å². The van der Waals surface area contributed by atoms with Crippen molar-refractivity contribution in [2.45, 2.75) is 65.8 Å². The highest BCUT2D eigenvalue weighted by Gasteiger charge is 2.21. The van der Waals surface area contributed by atoms with E-state index in [1.54, 1.807) is 0 Å². The molecule has 0 aliphatic carbocycles. The molecule has 0 bridgehead atoms. The molecular weight excluding hydrogens is 314 g/mol. The van der Waals surface area contributed by atoms with Crippen LogP contribution in [-0.2, 0) is 4.79 Å². The molecule has 25 heavy (non-hydrogen) atoms. The molecule has 0 saturated carbocycles. The molecule has 1 heterocycles. The molecule has 1 aliphatic heterocycles. The van der Waals surface area contributed by atoms with E-state index in [1.807, 2.05) is 7.05 Å². The first-order chi connectivity index (χ1) is 11.8. The molecule has 1 amide bonds. The quantitative estimate of drug-likeness (QED) is 0.354. The van der Waals surface area contributed by atoms with Gasteiger partial charge in [-0.25, -0.2) is 0 Å². The van der Waals surface area contributed by atoms with Crippen molar-refractivity contribution in [2.24, 2.45) is 10.4 Å². The number of carbonyl (C=O) groups excluding carboxylic acids is 1. The second-order valence-electron chi connectivity index (χ2n) is 8.21. The van der Waals surface area contributed by atoms with Crippen LogP contribution in [-0.4, -0.2) is 62.6 Å². The Hall–Kier alpha value is -1.30. The van der Waals surface area contributed by atoms with Crippen molar-refractivity contribution in [1.82, 2.24) is 20.9 Å².